The lowest BCUT2D eigenvalue weighted by molar-refractivity contribution is -0.137. The first kappa shape index (κ1) is 16.9. The van der Waals surface area contributed by atoms with Crippen molar-refractivity contribution in [1.29, 1.82) is 5.41 Å². The number of carboxylic acids is 1. The lowest BCUT2D eigenvalue weighted by atomic mass is 10.0. The van der Waals surface area contributed by atoms with Crippen LogP contribution in [0.2, 0.25) is 0 Å². The van der Waals surface area contributed by atoms with Crippen molar-refractivity contribution in [2.75, 3.05) is 0 Å². The zero-order valence-electron chi connectivity index (χ0n) is 11.7. The van der Waals surface area contributed by atoms with Gasteiger partial charge in [0, 0.05) is 30.0 Å². The molecular weight excluding hydrogens is 340 g/mol. The third kappa shape index (κ3) is 4.02. The molecule has 2 heterocycles. The van der Waals surface area contributed by atoms with Crippen LogP contribution in [0.15, 0.2) is 17.5 Å². The molecule has 3 N–H and O–H groups in total. The van der Waals surface area contributed by atoms with Crippen molar-refractivity contribution in [2.24, 2.45) is 0 Å². The van der Waals surface area contributed by atoms with Gasteiger partial charge in [-0.25, -0.2) is 0 Å². The van der Waals surface area contributed by atoms with Gasteiger partial charge in [-0.3, -0.25) is 9.36 Å². The van der Waals surface area contributed by atoms with Gasteiger partial charge in [0.15, 0.2) is 3.95 Å². The molecule has 8 heteroatoms. The summed E-state index contributed by atoms with van der Waals surface area (Å²) in [6.07, 6.45) is 2.37. The number of nitrogens with one attached hydrogen (secondary N) is 1. The molecule has 0 spiro atoms. The van der Waals surface area contributed by atoms with E-state index in [0.717, 1.165) is 9.75 Å². The van der Waals surface area contributed by atoms with Crippen LogP contribution in [0, 0.1) is 9.36 Å². The number of hydrogen-bond acceptors (Lipinski definition) is 6. The Balaban J connectivity index is 2.13. The number of aromatic hydroxyl groups is 1. The Bertz CT molecular complexity index is 703. The van der Waals surface area contributed by atoms with Crippen molar-refractivity contribution in [3.8, 4) is 5.88 Å². The number of hydrogen-bond donors (Lipinski definition) is 3. The van der Waals surface area contributed by atoms with Crippen LogP contribution in [0.25, 0.3) is 0 Å². The molecule has 0 radical (unpaired) electrons. The Morgan fingerprint density at radius 1 is 1.55 bits per heavy atom. The summed E-state index contributed by atoms with van der Waals surface area (Å²) < 4.78 is 2.11. The smallest absolute Gasteiger partial charge is 0.303 e. The fraction of sp³-hybridized carbons (Fsp3) is 0.357. The molecule has 0 aliphatic heterocycles. The molecule has 5 nitrogen and oxygen atoms in total. The topological polar surface area (TPSA) is 86.3 Å². The lowest BCUT2D eigenvalue weighted by Crippen LogP contribution is -2.03. The number of carboxylic acid groups (broad SMARTS) is 1. The van der Waals surface area contributed by atoms with Gasteiger partial charge in [0.25, 0.3) is 0 Å². The fourth-order valence-corrected chi connectivity index (χ4v) is 4.35. The predicted molar refractivity (Wildman–Crippen MR) is 91.2 cm³/mol. The minimum Gasteiger partial charge on any atom is -0.494 e. The van der Waals surface area contributed by atoms with Gasteiger partial charge in [0.2, 0.25) is 5.88 Å². The Morgan fingerprint density at radius 3 is 2.91 bits per heavy atom. The molecule has 0 aliphatic carbocycles. The maximum atomic E-state index is 10.6. The van der Waals surface area contributed by atoms with E-state index < -0.39 is 5.97 Å². The molecule has 0 saturated heterocycles. The number of thiophene rings is 1. The third-order valence-electron chi connectivity index (χ3n) is 3.22. The van der Waals surface area contributed by atoms with Crippen LogP contribution in [-0.2, 0) is 17.8 Å². The van der Waals surface area contributed by atoms with Crippen LogP contribution in [0.4, 0.5) is 0 Å². The van der Waals surface area contributed by atoms with Crippen LogP contribution in [0.3, 0.4) is 0 Å². The minimum absolute atomic E-state index is 0.0463. The number of nitrogens with zero attached hydrogens (tertiary/aromatic N) is 1. The summed E-state index contributed by atoms with van der Waals surface area (Å²) in [6, 6.07) is 3.91. The summed E-state index contributed by atoms with van der Waals surface area (Å²) in [7, 11) is 0. The third-order valence-corrected chi connectivity index (χ3v) is 5.69. The highest BCUT2D eigenvalue weighted by Crippen LogP contribution is 2.32. The van der Waals surface area contributed by atoms with Crippen molar-refractivity contribution in [2.45, 2.75) is 31.7 Å². The quantitative estimate of drug-likeness (QED) is 0.495. The van der Waals surface area contributed by atoms with E-state index in [0.29, 0.717) is 23.3 Å². The Hall–Kier alpha value is -1.51. The second-order valence-corrected chi connectivity index (χ2v) is 7.46. The molecule has 2 aromatic heterocycles. The second kappa shape index (κ2) is 7.66. The van der Waals surface area contributed by atoms with Gasteiger partial charge in [-0.1, -0.05) is 6.07 Å². The van der Waals surface area contributed by atoms with E-state index in [1.165, 1.54) is 17.6 Å². The fourth-order valence-electron chi connectivity index (χ4n) is 2.11. The lowest BCUT2D eigenvalue weighted by Gasteiger charge is -2.09. The first-order chi connectivity index (χ1) is 10.5. The molecule has 1 atom stereocenters. The maximum Gasteiger partial charge on any atom is 0.303 e. The molecule has 2 rings (SSSR count). The normalized spacial score (nSPS) is 12.2. The first-order valence-corrected chi connectivity index (χ1v) is 8.80. The molecule has 0 aliphatic rings. The number of aromatic nitrogens is 1. The van der Waals surface area contributed by atoms with Gasteiger partial charge in [-0.15, -0.1) is 22.7 Å². The first-order valence-electron chi connectivity index (χ1n) is 6.70. The summed E-state index contributed by atoms with van der Waals surface area (Å²) in [5, 5.41) is 28.5. The maximum absolute atomic E-state index is 10.6. The van der Waals surface area contributed by atoms with E-state index in [2.05, 4.69) is 0 Å². The molecular formula is C14H16N2O3S3. The highest BCUT2D eigenvalue weighted by molar-refractivity contribution is 7.73. The zero-order chi connectivity index (χ0) is 16.1. The van der Waals surface area contributed by atoms with Gasteiger partial charge >= 0.3 is 5.97 Å². The van der Waals surface area contributed by atoms with Crippen molar-refractivity contribution >= 4 is 47.1 Å². The number of aliphatic carboxylic acids is 1. The summed E-state index contributed by atoms with van der Waals surface area (Å²) in [4.78, 5) is 12.4. The van der Waals surface area contributed by atoms with Gasteiger partial charge in [-0.2, -0.15) is 0 Å². The highest BCUT2D eigenvalue weighted by atomic mass is 32.1. The predicted octanol–water partition coefficient (Wildman–Crippen LogP) is 3.89. The van der Waals surface area contributed by atoms with E-state index in [1.807, 2.05) is 17.5 Å². The standard InChI is InChI=1S/C14H16N2O3S3/c15-8-9(10-3-2-6-21-10)7-11-13(19)16(14(20)22-11)5-1-4-12(17)18/h2-3,6,8-9,15,19H,1,4-5,7H2,(H,17,18). The van der Waals surface area contributed by atoms with Gasteiger partial charge in [0.05, 0.1) is 4.88 Å². The largest absolute Gasteiger partial charge is 0.494 e. The number of carbonyl (C=O) groups is 1. The molecule has 1 unspecified atom stereocenters. The molecule has 2 aromatic rings. The molecule has 0 bridgehead atoms. The average Bonchev–Trinajstić information content (AvgIpc) is 3.08. The molecule has 0 amide bonds. The number of rotatable bonds is 8. The summed E-state index contributed by atoms with van der Waals surface area (Å²) in [5.74, 6) is -0.835. The minimum atomic E-state index is -0.858. The SMILES string of the molecule is N=CC(Cc1sc(=S)n(CCCC(=O)O)c1O)c1cccs1. The van der Waals surface area contributed by atoms with Crippen LogP contribution in [0.5, 0.6) is 5.88 Å². The van der Waals surface area contributed by atoms with Gasteiger partial charge in [0.1, 0.15) is 0 Å². The van der Waals surface area contributed by atoms with E-state index in [4.69, 9.17) is 22.7 Å². The van der Waals surface area contributed by atoms with Crippen LogP contribution >= 0.6 is 34.9 Å². The van der Waals surface area contributed by atoms with Crippen molar-refractivity contribution < 1.29 is 15.0 Å². The van der Waals surface area contributed by atoms with Crippen molar-refractivity contribution in [3.05, 3.63) is 31.2 Å². The van der Waals surface area contributed by atoms with Crippen LogP contribution < -0.4 is 0 Å². The Kier molecular flexibility index (Phi) is 5.87. The monoisotopic (exact) mass is 356 g/mol. The van der Waals surface area contributed by atoms with Gasteiger partial charge in [-0.05, 0) is 36.5 Å². The van der Waals surface area contributed by atoms with E-state index in [1.54, 1.807) is 15.9 Å². The van der Waals surface area contributed by atoms with E-state index >= 15 is 0 Å². The van der Waals surface area contributed by atoms with Crippen LogP contribution in [-0.4, -0.2) is 27.0 Å². The Morgan fingerprint density at radius 2 is 2.32 bits per heavy atom. The van der Waals surface area contributed by atoms with Crippen molar-refractivity contribution in [1.82, 2.24) is 4.57 Å². The molecule has 118 valence electrons. The summed E-state index contributed by atoms with van der Waals surface area (Å²) in [5.41, 5.74) is 0. The zero-order valence-corrected chi connectivity index (χ0v) is 14.1. The second-order valence-electron chi connectivity index (χ2n) is 4.76. The van der Waals surface area contributed by atoms with Gasteiger partial charge < -0.3 is 15.6 Å². The van der Waals surface area contributed by atoms with E-state index in [-0.39, 0.29) is 18.2 Å². The summed E-state index contributed by atoms with van der Waals surface area (Å²) in [6.45, 7) is 0.391. The van der Waals surface area contributed by atoms with Crippen LogP contribution in [0.1, 0.15) is 28.5 Å². The highest BCUT2D eigenvalue weighted by Gasteiger charge is 2.18. The summed E-state index contributed by atoms with van der Waals surface area (Å²) >= 11 is 8.15. The number of thiazole rings is 1. The molecule has 0 aromatic carbocycles. The molecule has 22 heavy (non-hydrogen) atoms. The van der Waals surface area contributed by atoms with E-state index in [9.17, 15) is 9.90 Å². The molecule has 0 fully saturated rings. The average molecular weight is 356 g/mol. The molecule has 0 saturated carbocycles. The van der Waals surface area contributed by atoms with Crippen molar-refractivity contribution in [3.63, 3.8) is 0 Å². The Labute approximate surface area is 141 Å².